The molecule has 0 bridgehead atoms. The predicted molar refractivity (Wildman–Crippen MR) is 68.0 cm³/mol. The first kappa shape index (κ1) is 14.4. The standard InChI is InChI=1S/C12H25N3O2/c1-12(13,11(16)17)6-9-15(3)10-4-7-14(2)8-5-10/h10H,4-9,13H2,1-3H3,(H,16,17). The number of carbonyl (C=O) groups is 1. The van der Waals surface area contributed by atoms with E-state index in [1.807, 2.05) is 0 Å². The van der Waals surface area contributed by atoms with Crippen molar-refractivity contribution in [1.82, 2.24) is 9.80 Å². The third kappa shape index (κ3) is 4.26. The minimum absolute atomic E-state index is 0.491. The Hall–Kier alpha value is -0.650. The Labute approximate surface area is 104 Å². The number of nitrogens with zero attached hydrogens (tertiary/aromatic N) is 2. The third-order valence-electron chi connectivity index (χ3n) is 3.78. The van der Waals surface area contributed by atoms with Crippen molar-refractivity contribution in [2.45, 2.75) is 37.8 Å². The molecule has 5 heteroatoms. The van der Waals surface area contributed by atoms with Crippen molar-refractivity contribution in [3.63, 3.8) is 0 Å². The Balaban J connectivity index is 2.34. The molecule has 1 unspecified atom stereocenters. The molecule has 0 saturated carbocycles. The summed E-state index contributed by atoms with van der Waals surface area (Å²) in [5, 5.41) is 8.95. The highest BCUT2D eigenvalue weighted by molar-refractivity contribution is 5.77. The fraction of sp³-hybridized carbons (Fsp3) is 0.917. The van der Waals surface area contributed by atoms with Gasteiger partial charge in [-0.15, -0.1) is 0 Å². The molecular formula is C12H25N3O2. The normalized spacial score (nSPS) is 22.6. The molecule has 5 nitrogen and oxygen atoms in total. The van der Waals surface area contributed by atoms with Crippen LogP contribution < -0.4 is 5.73 Å². The molecule has 0 spiro atoms. The van der Waals surface area contributed by atoms with Crippen molar-refractivity contribution in [3.8, 4) is 0 Å². The maximum absolute atomic E-state index is 10.9. The van der Waals surface area contributed by atoms with Gasteiger partial charge < -0.3 is 20.6 Å². The number of piperidine rings is 1. The first-order chi connectivity index (χ1) is 7.83. The van der Waals surface area contributed by atoms with E-state index in [1.54, 1.807) is 6.92 Å². The minimum atomic E-state index is -1.11. The molecule has 0 amide bonds. The van der Waals surface area contributed by atoms with Crippen LogP contribution in [0.5, 0.6) is 0 Å². The van der Waals surface area contributed by atoms with Gasteiger partial charge in [-0.3, -0.25) is 4.79 Å². The van der Waals surface area contributed by atoms with E-state index in [4.69, 9.17) is 10.8 Å². The molecule has 0 radical (unpaired) electrons. The molecule has 1 atom stereocenters. The fourth-order valence-electron chi connectivity index (χ4n) is 2.13. The average Bonchev–Trinajstić information content (AvgIpc) is 2.27. The van der Waals surface area contributed by atoms with E-state index in [1.165, 1.54) is 0 Å². The van der Waals surface area contributed by atoms with Crippen LogP contribution in [-0.4, -0.2) is 66.2 Å². The van der Waals surface area contributed by atoms with E-state index in [0.29, 0.717) is 12.5 Å². The Bertz CT molecular complexity index is 260. The monoisotopic (exact) mass is 243 g/mol. The number of hydrogen-bond donors (Lipinski definition) is 2. The molecule has 1 saturated heterocycles. The van der Waals surface area contributed by atoms with Crippen LogP contribution in [0, 0.1) is 0 Å². The summed E-state index contributed by atoms with van der Waals surface area (Å²) in [5.41, 5.74) is 4.61. The molecule has 3 N–H and O–H groups in total. The van der Waals surface area contributed by atoms with Gasteiger partial charge >= 0.3 is 5.97 Å². The Morgan fingerprint density at radius 3 is 2.53 bits per heavy atom. The van der Waals surface area contributed by atoms with Crippen molar-refractivity contribution in [3.05, 3.63) is 0 Å². The van der Waals surface area contributed by atoms with Crippen LogP contribution in [0.15, 0.2) is 0 Å². The molecule has 0 aliphatic carbocycles. The SMILES string of the molecule is CN1CCC(N(C)CCC(C)(N)C(=O)O)CC1. The van der Waals surface area contributed by atoms with Gasteiger partial charge in [0.1, 0.15) is 5.54 Å². The summed E-state index contributed by atoms with van der Waals surface area (Å²) in [6.45, 7) is 4.56. The van der Waals surface area contributed by atoms with Crippen LogP contribution in [-0.2, 0) is 4.79 Å². The van der Waals surface area contributed by atoms with Crippen LogP contribution in [0.1, 0.15) is 26.2 Å². The van der Waals surface area contributed by atoms with E-state index >= 15 is 0 Å². The maximum Gasteiger partial charge on any atom is 0.323 e. The van der Waals surface area contributed by atoms with Crippen molar-refractivity contribution in [2.75, 3.05) is 33.7 Å². The van der Waals surface area contributed by atoms with E-state index in [9.17, 15) is 4.79 Å². The second-order valence-electron chi connectivity index (χ2n) is 5.49. The number of rotatable bonds is 5. The molecule has 1 aliphatic rings. The highest BCUT2D eigenvalue weighted by atomic mass is 16.4. The van der Waals surface area contributed by atoms with Crippen LogP contribution in [0.3, 0.4) is 0 Å². The van der Waals surface area contributed by atoms with E-state index in [-0.39, 0.29) is 0 Å². The quantitative estimate of drug-likeness (QED) is 0.722. The number of aliphatic carboxylic acids is 1. The van der Waals surface area contributed by atoms with Gasteiger partial charge in [0.2, 0.25) is 0 Å². The fourth-order valence-corrected chi connectivity index (χ4v) is 2.13. The lowest BCUT2D eigenvalue weighted by molar-refractivity contribution is -0.143. The molecule has 1 rings (SSSR count). The Morgan fingerprint density at radius 2 is 2.06 bits per heavy atom. The van der Waals surface area contributed by atoms with Gasteiger partial charge in [0.05, 0.1) is 0 Å². The number of nitrogens with two attached hydrogens (primary N) is 1. The van der Waals surface area contributed by atoms with Crippen LogP contribution in [0.2, 0.25) is 0 Å². The highest BCUT2D eigenvalue weighted by Gasteiger charge is 2.29. The van der Waals surface area contributed by atoms with Gasteiger partial charge in [-0.25, -0.2) is 0 Å². The van der Waals surface area contributed by atoms with Crippen molar-refractivity contribution in [2.24, 2.45) is 5.73 Å². The van der Waals surface area contributed by atoms with Gasteiger partial charge in [-0.05, 0) is 53.4 Å². The molecule has 1 aliphatic heterocycles. The van der Waals surface area contributed by atoms with E-state index in [0.717, 1.165) is 32.5 Å². The molecule has 100 valence electrons. The van der Waals surface area contributed by atoms with Crippen molar-refractivity contribution in [1.29, 1.82) is 0 Å². The number of carboxylic acids is 1. The third-order valence-corrected chi connectivity index (χ3v) is 3.78. The zero-order valence-electron chi connectivity index (χ0n) is 11.1. The summed E-state index contributed by atoms with van der Waals surface area (Å²) >= 11 is 0. The first-order valence-electron chi connectivity index (χ1n) is 6.24. The highest BCUT2D eigenvalue weighted by Crippen LogP contribution is 2.16. The molecule has 1 heterocycles. The maximum atomic E-state index is 10.9. The van der Waals surface area contributed by atoms with Gasteiger partial charge in [0.25, 0.3) is 0 Å². The molecule has 0 aromatic carbocycles. The summed E-state index contributed by atoms with van der Waals surface area (Å²) in [7, 11) is 4.20. The molecule has 0 aromatic rings. The molecule has 17 heavy (non-hydrogen) atoms. The van der Waals surface area contributed by atoms with Crippen molar-refractivity contribution >= 4 is 5.97 Å². The lowest BCUT2D eigenvalue weighted by Gasteiger charge is -2.36. The molecular weight excluding hydrogens is 218 g/mol. The van der Waals surface area contributed by atoms with Gasteiger partial charge in [0, 0.05) is 12.6 Å². The average molecular weight is 243 g/mol. The summed E-state index contributed by atoms with van der Waals surface area (Å²) in [6, 6.07) is 0.566. The van der Waals surface area contributed by atoms with Gasteiger partial charge in [0.15, 0.2) is 0 Å². The minimum Gasteiger partial charge on any atom is -0.480 e. The number of carboxylic acid groups (broad SMARTS) is 1. The zero-order chi connectivity index (χ0) is 13.1. The van der Waals surface area contributed by atoms with Crippen LogP contribution in [0.25, 0.3) is 0 Å². The summed E-state index contributed by atoms with van der Waals surface area (Å²) in [4.78, 5) is 15.5. The van der Waals surface area contributed by atoms with E-state index < -0.39 is 11.5 Å². The van der Waals surface area contributed by atoms with Crippen LogP contribution >= 0.6 is 0 Å². The summed E-state index contributed by atoms with van der Waals surface area (Å²) in [5.74, 6) is -0.922. The smallest absolute Gasteiger partial charge is 0.323 e. The Morgan fingerprint density at radius 1 is 1.53 bits per heavy atom. The van der Waals surface area contributed by atoms with Crippen molar-refractivity contribution < 1.29 is 9.90 Å². The molecule has 0 aromatic heterocycles. The van der Waals surface area contributed by atoms with Gasteiger partial charge in [-0.2, -0.15) is 0 Å². The van der Waals surface area contributed by atoms with Crippen LogP contribution in [0.4, 0.5) is 0 Å². The predicted octanol–water partition coefficient (Wildman–Crippen LogP) is 0.205. The van der Waals surface area contributed by atoms with Gasteiger partial charge in [-0.1, -0.05) is 0 Å². The molecule has 1 fully saturated rings. The second kappa shape index (κ2) is 5.80. The summed E-state index contributed by atoms with van der Waals surface area (Å²) in [6.07, 6.45) is 2.80. The largest absolute Gasteiger partial charge is 0.480 e. The lowest BCUT2D eigenvalue weighted by Crippen LogP contribution is -2.49. The number of likely N-dealkylation sites (tertiary alicyclic amines) is 1. The lowest BCUT2D eigenvalue weighted by atomic mass is 9.98. The summed E-state index contributed by atoms with van der Waals surface area (Å²) < 4.78 is 0. The second-order valence-corrected chi connectivity index (χ2v) is 5.49. The first-order valence-corrected chi connectivity index (χ1v) is 6.24. The zero-order valence-corrected chi connectivity index (χ0v) is 11.1. The Kier molecular flexibility index (Phi) is 4.91. The van der Waals surface area contributed by atoms with E-state index in [2.05, 4.69) is 23.9 Å². The topological polar surface area (TPSA) is 69.8 Å². The number of hydrogen-bond acceptors (Lipinski definition) is 4.